The molecule has 102 valence electrons. The van der Waals surface area contributed by atoms with Crippen molar-refractivity contribution in [3.05, 3.63) is 51.7 Å². The topological polar surface area (TPSA) is 44.5 Å². The lowest BCUT2D eigenvalue weighted by atomic mass is 10.1. The van der Waals surface area contributed by atoms with Crippen LogP contribution >= 0.6 is 11.3 Å². The highest BCUT2D eigenvalue weighted by molar-refractivity contribution is 7.09. The fourth-order valence-electron chi connectivity index (χ4n) is 1.90. The van der Waals surface area contributed by atoms with Crippen LogP contribution < -0.4 is 10.5 Å². The van der Waals surface area contributed by atoms with E-state index in [0.29, 0.717) is 13.2 Å². The maximum absolute atomic E-state index is 5.69. The molecule has 0 amide bonds. The second-order valence-electron chi connectivity index (χ2n) is 4.23. The van der Waals surface area contributed by atoms with Crippen LogP contribution in [0.15, 0.2) is 35.7 Å². The lowest BCUT2D eigenvalue weighted by Crippen LogP contribution is -2.03. The molecule has 3 nitrogen and oxygen atoms in total. The Labute approximate surface area is 118 Å². The van der Waals surface area contributed by atoms with E-state index in [4.69, 9.17) is 15.2 Å². The third kappa shape index (κ3) is 4.06. The first kappa shape index (κ1) is 14.1. The molecule has 0 saturated heterocycles. The molecule has 4 heteroatoms. The molecule has 1 aromatic heterocycles. The molecule has 0 aliphatic heterocycles. The summed E-state index contributed by atoms with van der Waals surface area (Å²) in [6.07, 6.45) is 0.970. The summed E-state index contributed by atoms with van der Waals surface area (Å²) < 4.78 is 10.9. The average molecular weight is 277 g/mol. The summed E-state index contributed by atoms with van der Waals surface area (Å²) in [5, 5.41) is 2.09. The highest BCUT2D eigenvalue weighted by Gasteiger charge is 2.03. The maximum atomic E-state index is 5.69. The molecule has 0 bridgehead atoms. The summed E-state index contributed by atoms with van der Waals surface area (Å²) in [5.41, 5.74) is 7.84. The molecule has 19 heavy (non-hydrogen) atoms. The van der Waals surface area contributed by atoms with Crippen molar-refractivity contribution < 1.29 is 9.47 Å². The Morgan fingerprint density at radius 1 is 1.26 bits per heavy atom. The van der Waals surface area contributed by atoms with Gasteiger partial charge < -0.3 is 15.2 Å². The Bertz CT molecular complexity index is 497. The summed E-state index contributed by atoms with van der Waals surface area (Å²) in [4.78, 5) is 1.36. The minimum Gasteiger partial charge on any atom is -0.496 e. The Hall–Kier alpha value is -1.36. The predicted octanol–water partition coefficient (Wildman–Crippen LogP) is 2.97. The van der Waals surface area contributed by atoms with Crippen molar-refractivity contribution in [3.8, 4) is 5.75 Å². The van der Waals surface area contributed by atoms with Gasteiger partial charge in [0, 0.05) is 23.4 Å². The predicted molar refractivity (Wildman–Crippen MR) is 78.6 cm³/mol. The second kappa shape index (κ2) is 7.28. The number of hydrogen-bond acceptors (Lipinski definition) is 4. The quantitative estimate of drug-likeness (QED) is 0.791. The number of methoxy groups -OCH3 is 1. The van der Waals surface area contributed by atoms with E-state index in [1.54, 1.807) is 18.4 Å². The van der Waals surface area contributed by atoms with Crippen LogP contribution in [0.4, 0.5) is 0 Å². The van der Waals surface area contributed by atoms with Gasteiger partial charge in [0.25, 0.3) is 0 Å². The monoisotopic (exact) mass is 277 g/mol. The van der Waals surface area contributed by atoms with Gasteiger partial charge in [0.2, 0.25) is 0 Å². The number of benzene rings is 1. The number of rotatable bonds is 7. The average Bonchev–Trinajstić information content (AvgIpc) is 2.96. The molecule has 0 aliphatic carbocycles. The minimum atomic E-state index is 0.478. The fourth-order valence-corrected chi connectivity index (χ4v) is 2.59. The first-order valence-electron chi connectivity index (χ1n) is 6.29. The number of hydrogen-bond donors (Lipinski definition) is 1. The Balaban J connectivity index is 1.82. The van der Waals surface area contributed by atoms with E-state index in [-0.39, 0.29) is 0 Å². The van der Waals surface area contributed by atoms with Crippen LogP contribution in [0.1, 0.15) is 16.0 Å². The van der Waals surface area contributed by atoms with Gasteiger partial charge in [-0.3, -0.25) is 0 Å². The summed E-state index contributed by atoms with van der Waals surface area (Å²) in [6.45, 7) is 1.83. The molecule has 0 saturated carbocycles. The summed E-state index contributed by atoms with van der Waals surface area (Å²) >= 11 is 1.77. The van der Waals surface area contributed by atoms with Gasteiger partial charge in [-0.05, 0) is 29.1 Å². The van der Waals surface area contributed by atoms with Crippen molar-refractivity contribution in [2.45, 2.75) is 19.6 Å². The molecular formula is C15H19NO2S. The smallest absolute Gasteiger partial charge is 0.123 e. The van der Waals surface area contributed by atoms with Gasteiger partial charge in [-0.15, -0.1) is 11.3 Å². The van der Waals surface area contributed by atoms with Crippen LogP contribution in [-0.2, 0) is 24.3 Å². The molecule has 0 aliphatic rings. The molecule has 1 aromatic carbocycles. The molecule has 2 N–H and O–H groups in total. The molecule has 2 aromatic rings. The zero-order valence-corrected chi connectivity index (χ0v) is 11.9. The highest BCUT2D eigenvalue weighted by Crippen LogP contribution is 2.19. The van der Waals surface area contributed by atoms with E-state index in [1.807, 2.05) is 18.2 Å². The van der Waals surface area contributed by atoms with Crippen LogP contribution in [0, 0.1) is 0 Å². The Kier molecular flexibility index (Phi) is 5.39. The number of thiophene rings is 1. The molecule has 2 rings (SSSR count). The lowest BCUT2D eigenvalue weighted by molar-refractivity contribution is 0.124. The van der Waals surface area contributed by atoms with E-state index in [1.165, 1.54) is 4.88 Å². The molecule has 0 atom stereocenters. The molecule has 0 unspecified atom stereocenters. The Morgan fingerprint density at radius 3 is 2.84 bits per heavy atom. The molecule has 0 spiro atoms. The summed E-state index contributed by atoms with van der Waals surface area (Å²) in [5.74, 6) is 0.838. The minimum absolute atomic E-state index is 0.478. The van der Waals surface area contributed by atoms with Crippen molar-refractivity contribution >= 4 is 11.3 Å². The highest BCUT2D eigenvalue weighted by atomic mass is 32.1. The van der Waals surface area contributed by atoms with Crippen LogP contribution in [0.25, 0.3) is 0 Å². The lowest BCUT2D eigenvalue weighted by Gasteiger charge is -2.09. The Morgan fingerprint density at radius 2 is 2.16 bits per heavy atom. The van der Waals surface area contributed by atoms with Crippen molar-refractivity contribution in [1.29, 1.82) is 0 Å². The van der Waals surface area contributed by atoms with Gasteiger partial charge in [0.1, 0.15) is 5.75 Å². The first-order valence-corrected chi connectivity index (χ1v) is 7.17. The molecule has 1 heterocycles. The van der Waals surface area contributed by atoms with E-state index < -0.39 is 0 Å². The largest absolute Gasteiger partial charge is 0.496 e. The molecule has 0 radical (unpaired) electrons. The fraction of sp³-hybridized carbons (Fsp3) is 0.333. The molecule has 0 fully saturated rings. The van der Waals surface area contributed by atoms with E-state index in [0.717, 1.165) is 29.9 Å². The summed E-state index contributed by atoms with van der Waals surface area (Å²) in [7, 11) is 1.66. The normalized spacial score (nSPS) is 10.6. The van der Waals surface area contributed by atoms with Crippen molar-refractivity contribution in [2.75, 3.05) is 13.7 Å². The van der Waals surface area contributed by atoms with E-state index in [2.05, 4.69) is 17.5 Å². The van der Waals surface area contributed by atoms with Crippen molar-refractivity contribution in [1.82, 2.24) is 0 Å². The van der Waals surface area contributed by atoms with Gasteiger partial charge >= 0.3 is 0 Å². The molecular weight excluding hydrogens is 258 g/mol. The number of nitrogens with two attached hydrogens (primary N) is 1. The van der Waals surface area contributed by atoms with Crippen molar-refractivity contribution in [3.63, 3.8) is 0 Å². The first-order chi connectivity index (χ1) is 9.33. The van der Waals surface area contributed by atoms with Crippen LogP contribution in [0.2, 0.25) is 0 Å². The van der Waals surface area contributed by atoms with E-state index >= 15 is 0 Å². The SMILES string of the molecule is COc1ccc(COCCc2cccs2)cc1CN. The van der Waals surface area contributed by atoms with Crippen LogP contribution in [0.3, 0.4) is 0 Å². The van der Waals surface area contributed by atoms with Crippen LogP contribution in [-0.4, -0.2) is 13.7 Å². The van der Waals surface area contributed by atoms with Gasteiger partial charge in [-0.1, -0.05) is 12.1 Å². The van der Waals surface area contributed by atoms with Crippen molar-refractivity contribution in [2.24, 2.45) is 5.73 Å². The van der Waals surface area contributed by atoms with Gasteiger partial charge in [0.15, 0.2) is 0 Å². The summed E-state index contributed by atoms with van der Waals surface area (Å²) in [6, 6.07) is 10.2. The van der Waals surface area contributed by atoms with Gasteiger partial charge in [0.05, 0.1) is 20.3 Å². The van der Waals surface area contributed by atoms with Gasteiger partial charge in [-0.2, -0.15) is 0 Å². The standard InChI is InChI=1S/C15H19NO2S/c1-17-15-5-4-12(9-13(15)10-16)11-18-7-6-14-3-2-8-19-14/h2-5,8-9H,6-7,10-11,16H2,1H3. The second-order valence-corrected chi connectivity index (χ2v) is 5.26. The zero-order valence-electron chi connectivity index (χ0n) is 11.1. The third-order valence-corrected chi connectivity index (χ3v) is 3.84. The van der Waals surface area contributed by atoms with E-state index in [9.17, 15) is 0 Å². The zero-order chi connectivity index (χ0) is 13.5. The van der Waals surface area contributed by atoms with Crippen LogP contribution in [0.5, 0.6) is 5.75 Å². The maximum Gasteiger partial charge on any atom is 0.123 e. The van der Waals surface area contributed by atoms with Gasteiger partial charge in [-0.25, -0.2) is 0 Å². The number of ether oxygens (including phenoxy) is 2. The third-order valence-electron chi connectivity index (χ3n) is 2.91.